The number of fused-ring (bicyclic) bond motifs is 7. The van der Waals surface area contributed by atoms with Gasteiger partial charge in [-0.2, -0.15) is 0 Å². The molecule has 222 valence electrons. The molecule has 9 rings (SSSR count). The predicted octanol–water partition coefficient (Wildman–Crippen LogP) is 9.82. The van der Waals surface area contributed by atoms with Crippen molar-refractivity contribution in [2.24, 2.45) is 4.99 Å². The summed E-state index contributed by atoms with van der Waals surface area (Å²) in [5, 5.41) is 0. The average Bonchev–Trinajstić information content (AvgIpc) is 3.62. The van der Waals surface area contributed by atoms with Gasteiger partial charge in [0.2, 0.25) is 0 Å². The van der Waals surface area contributed by atoms with Gasteiger partial charge in [-0.15, -0.1) is 0 Å². The van der Waals surface area contributed by atoms with Crippen LogP contribution in [0.5, 0.6) is 0 Å². The van der Waals surface area contributed by atoms with Gasteiger partial charge in [0.05, 0.1) is 11.1 Å². The minimum Gasteiger partial charge on any atom is -0.256 e. The van der Waals surface area contributed by atoms with Gasteiger partial charge in [-0.3, -0.25) is 4.99 Å². The molecule has 4 heteroatoms. The Labute approximate surface area is 274 Å². The highest BCUT2D eigenvalue weighted by Gasteiger charge is 2.52. The number of aryl methyl sites for hydroxylation is 1. The van der Waals surface area contributed by atoms with Gasteiger partial charge in [0.15, 0.2) is 17.5 Å². The lowest BCUT2D eigenvalue weighted by molar-refractivity contribution is 0.873. The van der Waals surface area contributed by atoms with E-state index in [2.05, 4.69) is 97.9 Å². The van der Waals surface area contributed by atoms with Crippen molar-refractivity contribution in [1.82, 2.24) is 15.0 Å². The van der Waals surface area contributed by atoms with E-state index in [4.69, 9.17) is 19.9 Å². The van der Waals surface area contributed by atoms with E-state index in [1.165, 1.54) is 38.9 Å². The lowest BCUT2D eigenvalue weighted by atomic mass is 9.72. The van der Waals surface area contributed by atoms with Crippen LogP contribution < -0.4 is 0 Å². The summed E-state index contributed by atoms with van der Waals surface area (Å²) in [7, 11) is 0. The fraction of sp³-hybridized carbons (Fsp3) is 0.0698. The van der Waals surface area contributed by atoms with Crippen LogP contribution in [-0.2, 0) is 11.8 Å². The first kappa shape index (κ1) is 27.3. The molecule has 1 atom stereocenters. The molecule has 4 nitrogen and oxygen atoms in total. The van der Waals surface area contributed by atoms with Crippen molar-refractivity contribution in [2.45, 2.75) is 18.8 Å². The van der Waals surface area contributed by atoms with Crippen LogP contribution in [0.4, 0.5) is 5.69 Å². The zero-order valence-corrected chi connectivity index (χ0v) is 25.9. The van der Waals surface area contributed by atoms with Crippen molar-refractivity contribution in [3.05, 3.63) is 179 Å². The summed E-state index contributed by atoms with van der Waals surface area (Å²) in [5.41, 5.74) is 13.2. The third-order valence-electron chi connectivity index (χ3n) is 9.59. The summed E-state index contributed by atoms with van der Waals surface area (Å²) in [4.78, 5) is 20.6. The maximum Gasteiger partial charge on any atom is 0.164 e. The Morgan fingerprint density at radius 1 is 0.489 bits per heavy atom. The van der Waals surface area contributed by atoms with Crippen LogP contribution in [0.2, 0.25) is 0 Å². The molecule has 47 heavy (non-hydrogen) atoms. The van der Waals surface area contributed by atoms with Crippen LogP contribution in [0.1, 0.15) is 27.8 Å². The maximum atomic E-state index is 5.49. The number of aromatic nitrogens is 3. The third kappa shape index (κ3) is 4.29. The van der Waals surface area contributed by atoms with Gasteiger partial charge in [0.25, 0.3) is 0 Å². The van der Waals surface area contributed by atoms with Crippen molar-refractivity contribution in [1.29, 1.82) is 0 Å². The smallest absolute Gasteiger partial charge is 0.164 e. The third-order valence-corrected chi connectivity index (χ3v) is 9.59. The first-order valence-electron chi connectivity index (χ1n) is 16.0. The lowest BCUT2D eigenvalue weighted by Crippen LogP contribution is -2.33. The molecule has 0 bridgehead atoms. The number of hydrogen-bond donors (Lipinski definition) is 0. The molecule has 1 spiro atoms. The summed E-state index contributed by atoms with van der Waals surface area (Å²) < 4.78 is 0. The number of hydrogen-bond acceptors (Lipinski definition) is 4. The molecule has 1 aromatic heterocycles. The Bertz CT molecular complexity index is 2290. The molecule has 2 aliphatic rings. The Hall–Kier alpha value is -6.00. The van der Waals surface area contributed by atoms with Gasteiger partial charge in [-0.25, -0.2) is 15.0 Å². The highest BCUT2D eigenvalue weighted by Crippen LogP contribution is 2.58. The topological polar surface area (TPSA) is 51.0 Å². The van der Waals surface area contributed by atoms with Gasteiger partial charge in [0, 0.05) is 28.8 Å². The van der Waals surface area contributed by atoms with Gasteiger partial charge in [0.1, 0.15) is 0 Å². The fourth-order valence-electron chi connectivity index (χ4n) is 7.42. The van der Waals surface area contributed by atoms with Crippen LogP contribution in [0.25, 0.3) is 45.3 Å². The minimum atomic E-state index is -0.529. The molecule has 0 saturated heterocycles. The standard InChI is InChI=1S/C43H30N4/c1-28-14-8-13-23-38(28)44-39-27-31-19-9-11-21-35(31)43(39)36-22-12-10-20-33(36)34-25-24-32(26-37(34)43)42-46-40(29-15-4-2-5-16-29)45-41(47-42)30-17-6-3-7-18-30/h2-26H,27H2,1H3/t43-/m1/s1. The van der Waals surface area contributed by atoms with Crippen LogP contribution >= 0.6 is 0 Å². The van der Waals surface area contributed by atoms with Gasteiger partial charge in [-0.1, -0.05) is 140 Å². The zero-order chi connectivity index (χ0) is 31.4. The molecule has 2 aliphatic carbocycles. The largest absolute Gasteiger partial charge is 0.256 e. The van der Waals surface area contributed by atoms with Crippen LogP contribution in [0.15, 0.2) is 157 Å². The van der Waals surface area contributed by atoms with E-state index in [9.17, 15) is 0 Å². The lowest BCUT2D eigenvalue weighted by Gasteiger charge is -2.30. The van der Waals surface area contributed by atoms with E-state index in [1.807, 2.05) is 60.7 Å². The van der Waals surface area contributed by atoms with E-state index in [-0.39, 0.29) is 0 Å². The first-order valence-corrected chi connectivity index (χ1v) is 16.0. The molecule has 0 saturated carbocycles. The molecule has 7 aromatic rings. The maximum absolute atomic E-state index is 5.49. The number of para-hydroxylation sites is 1. The summed E-state index contributed by atoms with van der Waals surface area (Å²) in [6, 6.07) is 53.1. The summed E-state index contributed by atoms with van der Waals surface area (Å²) in [6.45, 7) is 2.14. The van der Waals surface area contributed by atoms with Crippen LogP contribution in [0.3, 0.4) is 0 Å². The van der Waals surface area contributed by atoms with Gasteiger partial charge in [-0.05, 0) is 58.0 Å². The summed E-state index contributed by atoms with van der Waals surface area (Å²) in [6.07, 6.45) is 0.782. The quantitative estimate of drug-likeness (QED) is 0.202. The summed E-state index contributed by atoms with van der Waals surface area (Å²) in [5.74, 6) is 1.96. The molecule has 0 aliphatic heterocycles. The molecular formula is C43H30N4. The Morgan fingerprint density at radius 2 is 1.04 bits per heavy atom. The van der Waals surface area contributed by atoms with Crippen LogP contribution in [-0.4, -0.2) is 20.7 Å². The molecule has 0 unspecified atom stereocenters. The van der Waals surface area contributed by atoms with Crippen molar-refractivity contribution >= 4 is 11.4 Å². The van der Waals surface area contributed by atoms with E-state index in [1.54, 1.807) is 0 Å². The van der Waals surface area contributed by atoms with Crippen molar-refractivity contribution in [3.63, 3.8) is 0 Å². The molecule has 0 amide bonds. The molecular weight excluding hydrogens is 573 g/mol. The van der Waals surface area contributed by atoms with Crippen molar-refractivity contribution in [2.75, 3.05) is 0 Å². The Balaban J connectivity index is 1.31. The molecule has 1 heterocycles. The van der Waals surface area contributed by atoms with Gasteiger partial charge < -0.3 is 0 Å². The van der Waals surface area contributed by atoms with Crippen LogP contribution in [0, 0.1) is 6.92 Å². The SMILES string of the molecule is Cc1ccccc1N=C1Cc2ccccc2[C@]12c1ccccc1-c1ccc(-c3nc(-c4ccccc4)nc(-c4ccccc4)n3)cc12. The van der Waals surface area contributed by atoms with Crippen molar-refractivity contribution < 1.29 is 0 Å². The second kappa shape index (κ2) is 10.8. The molecule has 0 radical (unpaired) electrons. The Kier molecular flexibility index (Phi) is 6.29. The fourth-order valence-corrected chi connectivity index (χ4v) is 7.42. The number of nitrogens with zero attached hydrogens (tertiary/aromatic N) is 4. The molecule has 0 N–H and O–H groups in total. The average molecular weight is 603 g/mol. The Morgan fingerprint density at radius 3 is 1.74 bits per heavy atom. The number of rotatable bonds is 4. The van der Waals surface area contributed by atoms with E-state index in [0.29, 0.717) is 17.5 Å². The normalized spacial score (nSPS) is 16.7. The van der Waals surface area contributed by atoms with Crippen molar-refractivity contribution in [3.8, 4) is 45.3 Å². The van der Waals surface area contributed by atoms with Gasteiger partial charge >= 0.3 is 0 Å². The molecule has 0 fully saturated rings. The highest BCUT2D eigenvalue weighted by atomic mass is 15.0. The molecule has 6 aromatic carbocycles. The predicted molar refractivity (Wildman–Crippen MR) is 190 cm³/mol. The van der Waals surface area contributed by atoms with E-state index >= 15 is 0 Å². The first-order chi connectivity index (χ1) is 23.2. The van der Waals surface area contributed by atoms with E-state index in [0.717, 1.165) is 34.5 Å². The number of benzene rings is 6. The second-order valence-corrected chi connectivity index (χ2v) is 12.3. The summed E-state index contributed by atoms with van der Waals surface area (Å²) >= 11 is 0. The minimum absolute atomic E-state index is 0.529. The second-order valence-electron chi connectivity index (χ2n) is 12.3. The number of aliphatic imine (C=N–C) groups is 1. The highest BCUT2D eigenvalue weighted by molar-refractivity contribution is 6.13. The zero-order valence-electron chi connectivity index (χ0n) is 25.9. The van der Waals surface area contributed by atoms with E-state index < -0.39 is 5.41 Å². The monoisotopic (exact) mass is 602 g/mol.